The third-order valence-corrected chi connectivity index (χ3v) is 4.16. The van der Waals surface area contributed by atoms with Gasteiger partial charge in [-0.2, -0.15) is 5.10 Å². The first-order valence-corrected chi connectivity index (χ1v) is 8.45. The highest BCUT2D eigenvalue weighted by Gasteiger charge is 2.10. The van der Waals surface area contributed by atoms with E-state index < -0.39 is 17.7 Å². The first kappa shape index (κ1) is 17.5. The third-order valence-electron chi connectivity index (χ3n) is 3.31. The second kappa shape index (κ2) is 8.17. The van der Waals surface area contributed by atoms with E-state index in [0.717, 1.165) is 0 Å². The topological polar surface area (TPSA) is 67.8 Å². The number of hydrogen-bond donors (Lipinski definition) is 1. The third kappa shape index (κ3) is 4.40. The molecule has 3 aromatic rings. The van der Waals surface area contributed by atoms with Crippen molar-refractivity contribution < 1.29 is 18.7 Å². The van der Waals surface area contributed by atoms with Crippen LogP contribution >= 0.6 is 11.3 Å². The molecule has 0 spiro atoms. The molecule has 0 bridgehead atoms. The van der Waals surface area contributed by atoms with Gasteiger partial charge in [-0.1, -0.05) is 18.2 Å². The van der Waals surface area contributed by atoms with E-state index in [1.165, 1.54) is 35.8 Å². The molecule has 0 aliphatic carbocycles. The van der Waals surface area contributed by atoms with Gasteiger partial charge in [0.05, 0.1) is 11.8 Å². The minimum atomic E-state index is -0.638. The van der Waals surface area contributed by atoms with Crippen LogP contribution in [0.5, 0.6) is 5.75 Å². The summed E-state index contributed by atoms with van der Waals surface area (Å²) in [5.41, 5.74) is 2.85. The Morgan fingerprint density at radius 2 is 1.81 bits per heavy atom. The Labute approximate surface area is 152 Å². The fourth-order valence-corrected chi connectivity index (χ4v) is 2.64. The summed E-state index contributed by atoms with van der Waals surface area (Å²) in [7, 11) is 0. The molecule has 1 heterocycles. The minimum Gasteiger partial charge on any atom is -0.422 e. The van der Waals surface area contributed by atoms with Crippen molar-refractivity contribution in [3.8, 4) is 5.75 Å². The highest BCUT2D eigenvalue weighted by Crippen LogP contribution is 2.16. The number of nitrogens with one attached hydrogen (secondary N) is 1. The Kier molecular flexibility index (Phi) is 5.50. The van der Waals surface area contributed by atoms with E-state index in [9.17, 15) is 14.0 Å². The van der Waals surface area contributed by atoms with Gasteiger partial charge in [-0.15, -0.1) is 11.3 Å². The maximum Gasteiger partial charge on any atom is 0.353 e. The van der Waals surface area contributed by atoms with E-state index in [1.54, 1.807) is 47.8 Å². The number of halogens is 1. The molecule has 0 fully saturated rings. The number of hydrazone groups is 1. The first-order valence-electron chi connectivity index (χ1n) is 7.57. The molecule has 2 aromatic carbocycles. The van der Waals surface area contributed by atoms with Crippen molar-refractivity contribution in [2.75, 3.05) is 0 Å². The largest absolute Gasteiger partial charge is 0.422 e. The van der Waals surface area contributed by atoms with Gasteiger partial charge in [0.1, 0.15) is 16.4 Å². The molecule has 0 radical (unpaired) electrons. The lowest BCUT2D eigenvalue weighted by Gasteiger charge is -2.03. The fraction of sp³-hybridized carbons (Fsp3) is 0. The van der Waals surface area contributed by atoms with E-state index in [-0.39, 0.29) is 5.56 Å². The average Bonchev–Trinajstić information content (AvgIpc) is 3.18. The standard InChI is InChI=1S/C19H13FN2O3S/c20-16-5-2-1-4-15(16)18(23)22-21-12-13-7-9-14(10-8-13)25-19(24)17-6-3-11-26-17/h1-12H,(H,22,23). The molecule has 0 saturated heterocycles. The van der Waals surface area contributed by atoms with Crippen LogP contribution in [0.2, 0.25) is 0 Å². The molecule has 0 aliphatic heterocycles. The van der Waals surface area contributed by atoms with E-state index in [1.807, 2.05) is 0 Å². The number of thiophene rings is 1. The number of ether oxygens (including phenoxy) is 1. The van der Waals surface area contributed by atoms with Crippen LogP contribution in [0.4, 0.5) is 4.39 Å². The van der Waals surface area contributed by atoms with Gasteiger partial charge >= 0.3 is 5.97 Å². The molecule has 0 atom stereocenters. The van der Waals surface area contributed by atoms with Gasteiger partial charge in [-0.05, 0) is 53.4 Å². The molecular weight excluding hydrogens is 355 g/mol. The summed E-state index contributed by atoms with van der Waals surface area (Å²) in [6.07, 6.45) is 1.41. The molecule has 3 rings (SSSR count). The fourth-order valence-electron chi connectivity index (χ4n) is 2.04. The number of carbonyl (C=O) groups excluding carboxylic acids is 2. The van der Waals surface area contributed by atoms with Crippen LogP contribution in [0.25, 0.3) is 0 Å². The van der Waals surface area contributed by atoms with Crippen LogP contribution in [0.1, 0.15) is 25.6 Å². The quantitative estimate of drug-likeness (QED) is 0.322. The maximum absolute atomic E-state index is 13.5. The number of carbonyl (C=O) groups is 2. The molecule has 1 aromatic heterocycles. The van der Waals surface area contributed by atoms with Crippen molar-refractivity contribution in [2.45, 2.75) is 0 Å². The van der Waals surface area contributed by atoms with Gasteiger partial charge in [-0.3, -0.25) is 4.79 Å². The Balaban J connectivity index is 1.57. The van der Waals surface area contributed by atoms with Gasteiger partial charge in [-0.25, -0.2) is 14.6 Å². The normalized spacial score (nSPS) is 10.7. The molecule has 130 valence electrons. The van der Waals surface area contributed by atoms with Gasteiger partial charge in [0.25, 0.3) is 5.91 Å². The van der Waals surface area contributed by atoms with E-state index in [0.29, 0.717) is 16.2 Å². The lowest BCUT2D eigenvalue weighted by Crippen LogP contribution is -2.18. The SMILES string of the molecule is O=C(Oc1ccc(C=NNC(=O)c2ccccc2F)cc1)c1cccs1. The van der Waals surface area contributed by atoms with Gasteiger partial charge in [0, 0.05) is 0 Å². The zero-order valence-corrected chi connectivity index (χ0v) is 14.2. The summed E-state index contributed by atoms with van der Waals surface area (Å²) in [4.78, 5) is 24.2. The van der Waals surface area contributed by atoms with E-state index in [4.69, 9.17) is 4.74 Å². The summed E-state index contributed by atoms with van der Waals surface area (Å²) in [5, 5.41) is 5.59. The molecule has 0 unspecified atom stereocenters. The Bertz CT molecular complexity index is 938. The minimum absolute atomic E-state index is 0.0829. The number of benzene rings is 2. The van der Waals surface area contributed by atoms with Crippen molar-refractivity contribution in [1.82, 2.24) is 5.43 Å². The number of nitrogens with zero attached hydrogens (tertiary/aromatic N) is 1. The summed E-state index contributed by atoms with van der Waals surface area (Å²) in [6.45, 7) is 0. The van der Waals surface area contributed by atoms with Crippen molar-refractivity contribution in [2.24, 2.45) is 5.10 Å². The smallest absolute Gasteiger partial charge is 0.353 e. The highest BCUT2D eigenvalue weighted by molar-refractivity contribution is 7.12. The van der Waals surface area contributed by atoms with Gasteiger partial charge < -0.3 is 4.74 Å². The molecule has 0 saturated carbocycles. The average molecular weight is 368 g/mol. The summed E-state index contributed by atoms with van der Waals surface area (Å²) in [5.74, 6) is -1.27. The zero-order valence-electron chi connectivity index (χ0n) is 13.4. The van der Waals surface area contributed by atoms with Crippen LogP contribution in [0.15, 0.2) is 71.1 Å². The predicted octanol–water partition coefficient (Wildman–Crippen LogP) is 3.87. The summed E-state index contributed by atoms with van der Waals surface area (Å²) in [6, 6.07) is 15.7. The Hall–Kier alpha value is -3.32. The Morgan fingerprint density at radius 1 is 1.04 bits per heavy atom. The first-order chi connectivity index (χ1) is 12.6. The van der Waals surface area contributed by atoms with Crippen LogP contribution in [-0.2, 0) is 0 Å². The molecule has 7 heteroatoms. The van der Waals surface area contributed by atoms with Crippen molar-refractivity contribution in [3.05, 3.63) is 87.9 Å². The molecule has 1 N–H and O–H groups in total. The van der Waals surface area contributed by atoms with E-state index in [2.05, 4.69) is 10.5 Å². The van der Waals surface area contributed by atoms with Crippen molar-refractivity contribution >= 4 is 29.4 Å². The molecule has 26 heavy (non-hydrogen) atoms. The molecule has 1 amide bonds. The van der Waals surface area contributed by atoms with Crippen molar-refractivity contribution in [3.63, 3.8) is 0 Å². The second-order valence-electron chi connectivity index (χ2n) is 5.11. The number of hydrogen-bond acceptors (Lipinski definition) is 5. The lowest BCUT2D eigenvalue weighted by atomic mass is 10.2. The number of rotatable bonds is 5. The predicted molar refractivity (Wildman–Crippen MR) is 97.2 cm³/mol. The molecule has 5 nitrogen and oxygen atoms in total. The molecular formula is C19H13FN2O3S. The summed E-state index contributed by atoms with van der Waals surface area (Å²) < 4.78 is 18.7. The van der Waals surface area contributed by atoms with Gasteiger partial charge in [0.2, 0.25) is 0 Å². The number of amides is 1. The van der Waals surface area contributed by atoms with Crippen molar-refractivity contribution in [1.29, 1.82) is 0 Å². The highest BCUT2D eigenvalue weighted by atomic mass is 32.1. The zero-order chi connectivity index (χ0) is 18.4. The second-order valence-corrected chi connectivity index (χ2v) is 6.06. The van der Waals surface area contributed by atoms with E-state index >= 15 is 0 Å². The lowest BCUT2D eigenvalue weighted by molar-refractivity contribution is 0.0739. The number of esters is 1. The maximum atomic E-state index is 13.5. The molecule has 0 aliphatic rings. The Morgan fingerprint density at radius 3 is 2.50 bits per heavy atom. The van der Waals surface area contributed by atoms with Crippen LogP contribution < -0.4 is 10.2 Å². The monoisotopic (exact) mass is 368 g/mol. The van der Waals surface area contributed by atoms with Crippen LogP contribution in [0, 0.1) is 5.82 Å². The van der Waals surface area contributed by atoms with Crippen LogP contribution in [0.3, 0.4) is 0 Å². The summed E-state index contributed by atoms with van der Waals surface area (Å²) >= 11 is 1.30. The van der Waals surface area contributed by atoms with Gasteiger partial charge in [0.15, 0.2) is 0 Å². The van der Waals surface area contributed by atoms with Crippen LogP contribution in [-0.4, -0.2) is 18.1 Å².